The first-order valence-electron chi connectivity index (χ1n) is 3.30. The maximum absolute atomic E-state index is 12.8. The Hall–Kier alpha value is -2.03. The van der Waals surface area contributed by atoms with E-state index in [1.54, 1.807) is 0 Å². The van der Waals surface area contributed by atoms with Gasteiger partial charge in [0.15, 0.2) is 11.6 Å². The normalized spacial score (nSPS) is 9.57. The highest BCUT2D eigenvalue weighted by Crippen LogP contribution is 2.19. The Kier molecular flexibility index (Phi) is 2.42. The first kappa shape index (κ1) is 10.1. The lowest BCUT2D eigenvalue weighted by Crippen LogP contribution is -2.06. The lowest BCUT2D eigenvalue weighted by atomic mass is 10.1. The fourth-order valence-corrected chi connectivity index (χ4v) is 0.853. The average Bonchev–Trinajstić information content (AvgIpc) is 2.12. The zero-order valence-electron chi connectivity index (χ0n) is 6.51. The molecule has 1 N–H and O–H groups in total. The molecule has 1 rings (SSSR count). The van der Waals surface area contributed by atoms with E-state index in [9.17, 15) is 18.0 Å². The van der Waals surface area contributed by atoms with Crippen molar-refractivity contribution in [2.24, 2.45) is 0 Å². The summed E-state index contributed by atoms with van der Waals surface area (Å²) in [5.41, 5.74) is -2.27. The van der Waals surface area contributed by atoms with Crippen LogP contribution in [0, 0.1) is 28.8 Å². The molecule has 0 fully saturated rings. The molecule has 0 aromatic heterocycles. The molecule has 1 aromatic carbocycles. The number of hydrogen-bond donors (Lipinski definition) is 1. The van der Waals surface area contributed by atoms with Crippen molar-refractivity contribution in [2.45, 2.75) is 0 Å². The standard InChI is InChI=1S/C8H2F3NO2/c9-5-1-3(8(13)14)6(10)7(11)4(5)2-12/h1H,(H,13,14). The number of rotatable bonds is 1. The third-order valence-electron chi connectivity index (χ3n) is 1.50. The quantitative estimate of drug-likeness (QED) is 0.703. The number of carbonyl (C=O) groups is 1. The zero-order chi connectivity index (χ0) is 10.9. The van der Waals surface area contributed by atoms with Crippen molar-refractivity contribution in [2.75, 3.05) is 0 Å². The summed E-state index contributed by atoms with van der Waals surface area (Å²) in [6.07, 6.45) is 0. The van der Waals surface area contributed by atoms with Gasteiger partial charge in [-0.2, -0.15) is 5.26 Å². The molecule has 0 heterocycles. The Morgan fingerprint density at radius 3 is 2.36 bits per heavy atom. The molecular weight excluding hydrogens is 199 g/mol. The first-order chi connectivity index (χ1) is 6.49. The molecule has 0 atom stereocenters. The monoisotopic (exact) mass is 201 g/mol. The lowest BCUT2D eigenvalue weighted by molar-refractivity contribution is 0.0690. The maximum atomic E-state index is 12.8. The van der Waals surface area contributed by atoms with Crippen LogP contribution < -0.4 is 0 Å². The highest BCUT2D eigenvalue weighted by molar-refractivity contribution is 5.88. The van der Waals surface area contributed by atoms with E-state index in [2.05, 4.69) is 0 Å². The van der Waals surface area contributed by atoms with Gasteiger partial charge in [0, 0.05) is 0 Å². The molecule has 6 heteroatoms. The van der Waals surface area contributed by atoms with Crippen LogP contribution in [0.3, 0.4) is 0 Å². The van der Waals surface area contributed by atoms with Crippen LogP contribution in [0.1, 0.15) is 15.9 Å². The van der Waals surface area contributed by atoms with Crippen molar-refractivity contribution < 1.29 is 23.1 Å². The van der Waals surface area contributed by atoms with Crippen LogP contribution in [0.15, 0.2) is 6.07 Å². The number of hydrogen-bond acceptors (Lipinski definition) is 2. The molecule has 1 aromatic rings. The summed E-state index contributed by atoms with van der Waals surface area (Å²) >= 11 is 0. The van der Waals surface area contributed by atoms with Crippen LogP contribution in [-0.4, -0.2) is 11.1 Å². The van der Waals surface area contributed by atoms with Gasteiger partial charge in [-0.3, -0.25) is 0 Å². The summed E-state index contributed by atoms with van der Waals surface area (Å²) in [4.78, 5) is 10.3. The molecule has 0 aliphatic carbocycles. The summed E-state index contributed by atoms with van der Waals surface area (Å²) in [6.45, 7) is 0. The molecule has 14 heavy (non-hydrogen) atoms. The van der Waals surface area contributed by atoms with E-state index in [1.807, 2.05) is 0 Å². The molecule has 0 radical (unpaired) electrons. The number of halogens is 3. The Morgan fingerprint density at radius 2 is 1.93 bits per heavy atom. The Labute approximate surface area is 76.0 Å². The smallest absolute Gasteiger partial charge is 0.338 e. The van der Waals surface area contributed by atoms with Crippen molar-refractivity contribution in [3.63, 3.8) is 0 Å². The van der Waals surface area contributed by atoms with Gasteiger partial charge in [0.05, 0.1) is 0 Å². The van der Waals surface area contributed by atoms with Crippen LogP contribution in [-0.2, 0) is 0 Å². The maximum Gasteiger partial charge on any atom is 0.338 e. The second kappa shape index (κ2) is 3.38. The van der Waals surface area contributed by atoms with Crippen LogP contribution >= 0.6 is 0 Å². The van der Waals surface area contributed by atoms with E-state index in [0.29, 0.717) is 0 Å². The minimum absolute atomic E-state index is 0.263. The number of aromatic carboxylic acids is 1. The number of nitriles is 1. The summed E-state index contributed by atoms with van der Waals surface area (Å²) in [7, 11) is 0. The van der Waals surface area contributed by atoms with Crippen molar-refractivity contribution in [3.05, 3.63) is 34.6 Å². The van der Waals surface area contributed by atoms with Gasteiger partial charge in [0.1, 0.15) is 23.0 Å². The van der Waals surface area contributed by atoms with Crippen molar-refractivity contribution in [1.82, 2.24) is 0 Å². The van der Waals surface area contributed by atoms with Crippen molar-refractivity contribution in [3.8, 4) is 6.07 Å². The van der Waals surface area contributed by atoms with Gasteiger partial charge in [0.25, 0.3) is 0 Å². The van der Waals surface area contributed by atoms with E-state index in [-0.39, 0.29) is 6.07 Å². The van der Waals surface area contributed by atoms with Crippen LogP contribution in [0.2, 0.25) is 0 Å². The second-order valence-electron chi connectivity index (χ2n) is 2.33. The zero-order valence-corrected chi connectivity index (χ0v) is 6.51. The molecule has 0 saturated heterocycles. The van der Waals surface area contributed by atoms with Gasteiger partial charge in [-0.05, 0) is 6.07 Å². The largest absolute Gasteiger partial charge is 0.478 e. The molecule has 0 spiro atoms. The third-order valence-corrected chi connectivity index (χ3v) is 1.50. The summed E-state index contributed by atoms with van der Waals surface area (Å²) in [6, 6.07) is 1.35. The first-order valence-corrected chi connectivity index (χ1v) is 3.30. The SMILES string of the molecule is N#Cc1c(F)cc(C(=O)O)c(F)c1F. The van der Waals surface area contributed by atoms with E-state index in [4.69, 9.17) is 10.4 Å². The Bertz CT molecular complexity index is 451. The van der Waals surface area contributed by atoms with E-state index in [1.165, 1.54) is 0 Å². The lowest BCUT2D eigenvalue weighted by Gasteiger charge is -2.01. The number of nitrogens with zero attached hydrogens (tertiary/aromatic N) is 1. The second-order valence-corrected chi connectivity index (χ2v) is 2.33. The molecule has 0 aliphatic rings. The third kappa shape index (κ3) is 1.40. The fourth-order valence-electron chi connectivity index (χ4n) is 0.853. The molecule has 0 amide bonds. The van der Waals surface area contributed by atoms with Gasteiger partial charge in [-0.15, -0.1) is 0 Å². The molecule has 72 valence electrons. The molecule has 0 unspecified atom stereocenters. The summed E-state index contributed by atoms with van der Waals surface area (Å²) in [5.74, 6) is -6.73. The van der Waals surface area contributed by atoms with Gasteiger partial charge < -0.3 is 5.11 Å². The van der Waals surface area contributed by atoms with Crippen molar-refractivity contribution in [1.29, 1.82) is 5.26 Å². The minimum Gasteiger partial charge on any atom is -0.478 e. The Morgan fingerprint density at radius 1 is 1.36 bits per heavy atom. The minimum atomic E-state index is -1.80. The number of carboxylic acid groups (broad SMARTS) is 1. The van der Waals surface area contributed by atoms with Crippen molar-refractivity contribution >= 4 is 5.97 Å². The number of benzene rings is 1. The topological polar surface area (TPSA) is 61.1 Å². The van der Waals surface area contributed by atoms with E-state index < -0.39 is 34.5 Å². The highest BCUT2D eigenvalue weighted by Gasteiger charge is 2.22. The number of carboxylic acids is 1. The predicted molar refractivity (Wildman–Crippen MR) is 38.0 cm³/mol. The van der Waals surface area contributed by atoms with E-state index in [0.717, 1.165) is 6.07 Å². The van der Waals surface area contributed by atoms with Crippen LogP contribution in [0.5, 0.6) is 0 Å². The summed E-state index contributed by atoms with van der Waals surface area (Å²) < 4.78 is 38.3. The van der Waals surface area contributed by atoms with E-state index >= 15 is 0 Å². The fraction of sp³-hybridized carbons (Fsp3) is 0. The van der Waals surface area contributed by atoms with Gasteiger partial charge in [-0.25, -0.2) is 18.0 Å². The van der Waals surface area contributed by atoms with Gasteiger partial charge in [0.2, 0.25) is 0 Å². The van der Waals surface area contributed by atoms with Crippen LogP contribution in [0.4, 0.5) is 13.2 Å². The Balaban J connectivity index is 3.58. The summed E-state index contributed by atoms with van der Waals surface area (Å²) in [5, 5.41) is 16.5. The molecule has 3 nitrogen and oxygen atoms in total. The molecular formula is C8H2F3NO2. The average molecular weight is 201 g/mol. The van der Waals surface area contributed by atoms with Gasteiger partial charge in [-0.1, -0.05) is 0 Å². The predicted octanol–water partition coefficient (Wildman–Crippen LogP) is 1.67. The molecule has 0 aliphatic heterocycles. The highest BCUT2D eigenvalue weighted by atomic mass is 19.2. The van der Waals surface area contributed by atoms with Crippen LogP contribution in [0.25, 0.3) is 0 Å². The molecule has 0 bridgehead atoms. The van der Waals surface area contributed by atoms with Gasteiger partial charge >= 0.3 is 5.97 Å². The molecule has 0 saturated carbocycles.